The van der Waals surface area contributed by atoms with Crippen LogP contribution in [0.1, 0.15) is 23.2 Å². The first kappa shape index (κ1) is 14.1. The quantitative estimate of drug-likeness (QED) is 0.806. The number of halogens is 1. The van der Waals surface area contributed by atoms with Gasteiger partial charge < -0.3 is 16.8 Å². The average molecular weight is 304 g/mol. The lowest BCUT2D eigenvalue weighted by Crippen LogP contribution is -2.35. The smallest absolute Gasteiger partial charge is 0.222 e. The number of benzene rings is 1. The first-order valence-corrected chi connectivity index (χ1v) is 7.38. The number of aromatic nitrogens is 2. The van der Waals surface area contributed by atoms with Crippen molar-refractivity contribution in [2.45, 2.75) is 31.8 Å². The maximum absolute atomic E-state index is 6.00. The fraction of sp³-hybridized carbons (Fsp3) is 0.333. The van der Waals surface area contributed by atoms with Crippen LogP contribution in [0.3, 0.4) is 0 Å². The zero-order chi connectivity index (χ0) is 14.8. The lowest BCUT2D eigenvalue weighted by molar-refractivity contribution is 0.453. The standard InChI is InChI=1S/C15H18ClN5/c16-10-3-1-2-9(6-10)8-19-11-4-5-13-12(7-11)14(17)21-15(18)20-13/h1-3,6,11,19H,4-5,7-8H2,(H4,17,18,20,21). The van der Waals surface area contributed by atoms with Crippen molar-refractivity contribution in [3.05, 3.63) is 46.1 Å². The highest BCUT2D eigenvalue weighted by atomic mass is 35.5. The van der Waals surface area contributed by atoms with Gasteiger partial charge in [-0.3, -0.25) is 0 Å². The van der Waals surface area contributed by atoms with Gasteiger partial charge in [0.15, 0.2) is 0 Å². The Labute approximate surface area is 128 Å². The summed E-state index contributed by atoms with van der Waals surface area (Å²) in [5.41, 5.74) is 14.8. The first-order chi connectivity index (χ1) is 10.1. The number of aryl methyl sites for hydroxylation is 1. The van der Waals surface area contributed by atoms with E-state index in [1.165, 1.54) is 5.56 Å². The highest BCUT2D eigenvalue weighted by Gasteiger charge is 2.22. The van der Waals surface area contributed by atoms with Crippen molar-refractivity contribution >= 4 is 23.4 Å². The Morgan fingerprint density at radius 1 is 1.29 bits per heavy atom. The molecule has 0 spiro atoms. The third-order valence-electron chi connectivity index (χ3n) is 3.81. The molecule has 5 nitrogen and oxygen atoms in total. The number of hydrogen-bond acceptors (Lipinski definition) is 5. The van der Waals surface area contributed by atoms with E-state index in [-0.39, 0.29) is 5.95 Å². The molecule has 1 atom stereocenters. The van der Waals surface area contributed by atoms with Gasteiger partial charge in [-0.15, -0.1) is 0 Å². The summed E-state index contributed by atoms with van der Waals surface area (Å²) in [7, 11) is 0. The number of fused-ring (bicyclic) bond motifs is 1. The molecule has 1 aliphatic carbocycles. The number of nitrogens with one attached hydrogen (secondary N) is 1. The third kappa shape index (κ3) is 3.25. The minimum atomic E-state index is 0.261. The first-order valence-electron chi connectivity index (χ1n) is 7.00. The molecule has 5 N–H and O–H groups in total. The fourth-order valence-corrected chi connectivity index (χ4v) is 2.95. The van der Waals surface area contributed by atoms with Gasteiger partial charge in [-0.05, 0) is 37.0 Å². The Morgan fingerprint density at radius 3 is 2.95 bits per heavy atom. The molecule has 0 bridgehead atoms. The molecule has 1 aliphatic rings. The van der Waals surface area contributed by atoms with E-state index in [0.717, 1.165) is 42.1 Å². The predicted octanol–water partition coefficient (Wildman–Crippen LogP) is 1.94. The molecule has 0 saturated carbocycles. The Balaban J connectivity index is 1.66. The molecule has 6 heteroatoms. The van der Waals surface area contributed by atoms with Crippen LogP contribution in [0, 0.1) is 0 Å². The molecule has 0 radical (unpaired) electrons. The van der Waals surface area contributed by atoms with E-state index in [2.05, 4.69) is 21.4 Å². The summed E-state index contributed by atoms with van der Waals surface area (Å²) in [6, 6.07) is 8.25. The molecule has 0 aliphatic heterocycles. The van der Waals surface area contributed by atoms with Crippen molar-refractivity contribution in [2.75, 3.05) is 11.5 Å². The molecule has 1 heterocycles. The predicted molar refractivity (Wildman–Crippen MR) is 85.0 cm³/mol. The van der Waals surface area contributed by atoms with Crippen molar-refractivity contribution in [3.8, 4) is 0 Å². The Hall–Kier alpha value is -1.85. The summed E-state index contributed by atoms with van der Waals surface area (Å²) in [6.45, 7) is 0.788. The number of nitrogens with zero attached hydrogens (tertiary/aromatic N) is 2. The highest BCUT2D eigenvalue weighted by molar-refractivity contribution is 6.30. The van der Waals surface area contributed by atoms with Crippen molar-refractivity contribution in [3.63, 3.8) is 0 Å². The van der Waals surface area contributed by atoms with Crippen LogP contribution >= 0.6 is 11.6 Å². The number of nitrogens with two attached hydrogens (primary N) is 2. The lowest BCUT2D eigenvalue weighted by Gasteiger charge is -2.25. The van der Waals surface area contributed by atoms with Crippen molar-refractivity contribution in [2.24, 2.45) is 0 Å². The van der Waals surface area contributed by atoms with Crippen molar-refractivity contribution in [1.82, 2.24) is 15.3 Å². The summed E-state index contributed by atoms with van der Waals surface area (Å²) in [4.78, 5) is 8.33. The van der Waals surface area contributed by atoms with Crippen LogP contribution in [0.4, 0.5) is 11.8 Å². The topological polar surface area (TPSA) is 89.8 Å². The molecule has 3 rings (SSSR count). The van der Waals surface area contributed by atoms with Crippen LogP contribution in [0.15, 0.2) is 24.3 Å². The Bertz CT molecular complexity index is 659. The van der Waals surface area contributed by atoms with Gasteiger partial charge in [0.2, 0.25) is 5.95 Å². The fourth-order valence-electron chi connectivity index (χ4n) is 2.74. The van der Waals surface area contributed by atoms with E-state index < -0.39 is 0 Å². The van der Waals surface area contributed by atoms with Gasteiger partial charge in [0, 0.05) is 23.2 Å². The van der Waals surface area contributed by atoms with Gasteiger partial charge in [0.05, 0.1) is 5.69 Å². The van der Waals surface area contributed by atoms with Gasteiger partial charge in [0.1, 0.15) is 5.82 Å². The van der Waals surface area contributed by atoms with Crippen molar-refractivity contribution < 1.29 is 0 Å². The molecule has 0 saturated heterocycles. The SMILES string of the molecule is Nc1nc(N)c2c(n1)CCC(NCc1cccc(Cl)c1)C2. The van der Waals surface area contributed by atoms with E-state index in [9.17, 15) is 0 Å². The molecule has 0 fully saturated rings. The number of hydrogen-bond donors (Lipinski definition) is 3. The van der Waals surface area contributed by atoms with Crippen LogP contribution in [-0.2, 0) is 19.4 Å². The monoisotopic (exact) mass is 303 g/mol. The molecule has 21 heavy (non-hydrogen) atoms. The minimum Gasteiger partial charge on any atom is -0.383 e. The normalized spacial score (nSPS) is 17.5. The molecule has 1 aromatic carbocycles. The van der Waals surface area contributed by atoms with E-state index in [0.29, 0.717) is 11.9 Å². The maximum Gasteiger partial charge on any atom is 0.222 e. The molecular weight excluding hydrogens is 286 g/mol. The van der Waals surface area contributed by atoms with Crippen LogP contribution < -0.4 is 16.8 Å². The molecule has 0 amide bonds. The zero-order valence-electron chi connectivity index (χ0n) is 11.6. The average Bonchev–Trinajstić information content (AvgIpc) is 2.45. The zero-order valence-corrected chi connectivity index (χ0v) is 12.4. The molecule has 2 aromatic rings. The van der Waals surface area contributed by atoms with Crippen LogP contribution in [0.25, 0.3) is 0 Å². The van der Waals surface area contributed by atoms with Gasteiger partial charge in [0.25, 0.3) is 0 Å². The summed E-state index contributed by atoms with van der Waals surface area (Å²) >= 11 is 6.00. The van der Waals surface area contributed by atoms with E-state index in [1.54, 1.807) is 0 Å². The number of nitrogen functional groups attached to an aromatic ring is 2. The Morgan fingerprint density at radius 2 is 2.14 bits per heavy atom. The maximum atomic E-state index is 6.00. The second kappa shape index (κ2) is 5.87. The molecule has 1 unspecified atom stereocenters. The summed E-state index contributed by atoms with van der Waals surface area (Å²) < 4.78 is 0. The van der Waals surface area contributed by atoms with Crippen molar-refractivity contribution in [1.29, 1.82) is 0 Å². The second-order valence-electron chi connectivity index (χ2n) is 5.34. The van der Waals surface area contributed by atoms with E-state index >= 15 is 0 Å². The number of rotatable bonds is 3. The molecular formula is C15H18ClN5. The minimum absolute atomic E-state index is 0.261. The van der Waals surface area contributed by atoms with Crippen LogP contribution in [-0.4, -0.2) is 16.0 Å². The van der Waals surface area contributed by atoms with Crippen LogP contribution in [0.2, 0.25) is 5.02 Å². The summed E-state index contributed by atoms with van der Waals surface area (Å²) in [6.07, 6.45) is 2.73. The Kier molecular flexibility index (Phi) is 3.94. The summed E-state index contributed by atoms with van der Waals surface area (Å²) in [5, 5.41) is 4.31. The van der Waals surface area contributed by atoms with Gasteiger partial charge in [-0.2, -0.15) is 4.98 Å². The summed E-state index contributed by atoms with van der Waals surface area (Å²) in [5.74, 6) is 0.767. The lowest BCUT2D eigenvalue weighted by atomic mass is 9.92. The third-order valence-corrected chi connectivity index (χ3v) is 4.04. The largest absolute Gasteiger partial charge is 0.383 e. The number of anilines is 2. The van der Waals surface area contributed by atoms with Gasteiger partial charge >= 0.3 is 0 Å². The highest BCUT2D eigenvalue weighted by Crippen LogP contribution is 2.24. The van der Waals surface area contributed by atoms with Gasteiger partial charge in [-0.25, -0.2) is 4.98 Å². The second-order valence-corrected chi connectivity index (χ2v) is 5.78. The van der Waals surface area contributed by atoms with Crippen LogP contribution in [0.5, 0.6) is 0 Å². The molecule has 110 valence electrons. The van der Waals surface area contributed by atoms with E-state index in [4.69, 9.17) is 23.1 Å². The van der Waals surface area contributed by atoms with Gasteiger partial charge in [-0.1, -0.05) is 23.7 Å². The van der Waals surface area contributed by atoms with E-state index in [1.807, 2.05) is 18.2 Å². The molecule has 1 aromatic heterocycles.